The molecule has 2 unspecified atom stereocenters. The van der Waals surface area contributed by atoms with Crippen molar-refractivity contribution in [1.82, 2.24) is 10.2 Å². The minimum absolute atomic E-state index is 0.616. The topological polar surface area (TPSA) is 15.3 Å². The van der Waals surface area contributed by atoms with E-state index in [2.05, 4.69) is 30.6 Å². The van der Waals surface area contributed by atoms with Crippen LogP contribution in [0.15, 0.2) is 12.7 Å². The molecule has 2 nitrogen and oxygen atoms in total. The van der Waals surface area contributed by atoms with Crippen molar-refractivity contribution in [3.05, 3.63) is 12.7 Å². The molecule has 2 atom stereocenters. The summed E-state index contributed by atoms with van der Waals surface area (Å²) in [4.78, 5) is 2.57. The Balaban J connectivity index is 2.43. The molecule has 1 saturated heterocycles. The highest BCUT2D eigenvalue weighted by Gasteiger charge is 2.25. The van der Waals surface area contributed by atoms with E-state index >= 15 is 0 Å². The molecule has 15 heavy (non-hydrogen) atoms. The summed E-state index contributed by atoms with van der Waals surface area (Å²) >= 11 is 0. The van der Waals surface area contributed by atoms with Gasteiger partial charge in [0.15, 0.2) is 0 Å². The maximum Gasteiger partial charge on any atom is 0.0249 e. The lowest BCUT2D eigenvalue weighted by atomic mass is 9.96. The van der Waals surface area contributed by atoms with Crippen molar-refractivity contribution in [2.45, 2.75) is 51.6 Å². The number of hydrogen-bond donors (Lipinski definition) is 1. The first kappa shape index (κ1) is 12.7. The highest BCUT2D eigenvalue weighted by atomic mass is 15.2. The Bertz CT molecular complexity index is 179. The van der Waals surface area contributed by atoms with Gasteiger partial charge in [-0.15, -0.1) is 6.58 Å². The van der Waals surface area contributed by atoms with Crippen LogP contribution in [-0.2, 0) is 0 Å². The van der Waals surface area contributed by atoms with Gasteiger partial charge in [0.05, 0.1) is 0 Å². The molecule has 0 bridgehead atoms. The Kier molecular flexibility index (Phi) is 5.96. The quantitative estimate of drug-likeness (QED) is 0.677. The zero-order valence-electron chi connectivity index (χ0n) is 10.3. The van der Waals surface area contributed by atoms with Crippen LogP contribution in [0.2, 0.25) is 0 Å². The first-order valence-electron chi connectivity index (χ1n) is 6.38. The molecule has 0 amide bonds. The predicted molar refractivity (Wildman–Crippen MR) is 67.2 cm³/mol. The Labute approximate surface area is 94.7 Å². The van der Waals surface area contributed by atoms with Crippen molar-refractivity contribution < 1.29 is 0 Å². The normalized spacial score (nSPS) is 25.1. The number of rotatable bonds is 6. The number of hydrogen-bond acceptors (Lipinski definition) is 2. The van der Waals surface area contributed by atoms with Gasteiger partial charge in [-0.25, -0.2) is 0 Å². The van der Waals surface area contributed by atoms with E-state index in [1.807, 2.05) is 6.08 Å². The van der Waals surface area contributed by atoms with Crippen LogP contribution in [0.25, 0.3) is 0 Å². The second-order valence-electron chi connectivity index (χ2n) is 4.59. The highest BCUT2D eigenvalue weighted by Crippen LogP contribution is 2.19. The van der Waals surface area contributed by atoms with Gasteiger partial charge >= 0.3 is 0 Å². The molecular formula is C13H26N2. The third-order valence-corrected chi connectivity index (χ3v) is 3.32. The van der Waals surface area contributed by atoms with Gasteiger partial charge < -0.3 is 5.32 Å². The van der Waals surface area contributed by atoms with Crippen LogP contribution in [-0.4, -0.2) is 36.6 Å². The second-order valence-corrected chi connectivity index (χ2v) is 4.59. The predicted octanol–water partition coefficient (Wildman–Crippen LogP) is 2.42. The van der Waals surface area contributed by atoms with Crippen molar-refractivity contribution in [1.29, 1.82) is 0 Å². The summed E-state index contributed by atoms with van der Waals surface area (Å²) < 4.78 is 0. The monoisotopic (exact) mass is 210 g/mol. The Morgan fingerprint density at radius 2 is 2.33 bits per heavy atom. The summed E-state index contributed by atoms with van der Waals surface area (Å²) in [6.45, 7) is 11.8. The molecule has 0 aromatic rings. The Hall–Kier alpha value is -0.340. The SMILES string of the molecule is C=CCN1CCCCC1C(C)NCCC. The molecule has 1 fully saturated rings. The van der Waals surface area contributed by atoms with Gasteiger partial charge in [-0.05, 0) is 39.3 Å². The molecular weight excluding hydrogens is 184 g/mol. The molecule has 0 spiro atoms. The van der Waals surface area contributed by atoms with Crippen molar-refractivity contribution in [2.75, 3.05) is 19.6 Å². The number of nitrogens with one attached hydrogen (secondary N) is 1. The first-order valence-corrected chi connectivity index (χ1v) is 6.38. The van der Waals surface area contributed by atoms with Gasteiger partial charge in [0.1, 0.15) is 0 Å². The van der Waals surface area contributed by atoms with Crippen molar-refractivity contribution in [3.8, 4) is 0 Å². The number of nitrogens with zero attached hydrogens (tertiary/aromatic N) is 1. The fourth-order valence-corrected chi connectivity index (χ4v) is 2.48. The van der Waals surface area contributed by atoms with Gasteiger partial charge in [0.2, 0.25) is 0 Å². The maximum atomic E-state index is 3.85. The molecule has 0 saturated carbocycles. The fourth-order valence-electron chi connectivity index (χ4n) is 2.48. The van der Waals surface area contributed by atoms with E-state index in [-0.39, 0.29) is 0 Å². The second kappa shape index (κ2) is 7.02. The van der Waals surface area contributed by atoms with Crippen LogP contribution < -0.4 is 5.32 Å². The average molecular weight is 210 g/mol. The molecule has 1 heterocycles. The van der Waals surface area contributed by atoms with E-state index in [4.69, 9.17) is 0 Å². The zero-order chi connectivity index (χ0) is 11.1. The summed E-state index contributed by atoms with van der Waals surface area (Å²) in [5, 5.41) is 3.61. The molecule has 0 aromatic heterocycles. The van der Waals surface area contributed by atoms with Crippen molar-refractivity contribution in [2.24, 2.45) is 0 Å². The lowest BCUT2D eigenvalue weighted by Gasteiger charge is -2.39. The Morgan fingerprint density at radius 1 is 1.53 bits per heavy atom. The molecule has 0 aliphatic carbocycles. The zero-order valence-corrected chi connectivity index (χ0v) is 10.3. The van der Waals surface area contributed by atoms with Gasteiger partial charge in [-0.1, -0.05) is 19.4 Å². The van der Waals surface area contributed by atoms with Crippen molar-refractivity contribution in [3.63, 3.8) is 0 Å². The summed E-state index contributed by atoms with van der Waals surface area (Å²) in [6, 6.07) is 1.33. The summed E-state index contributed by atoms with van der Waals surface area (Å²) in [5.41, 5.74) is 0. The van der Waals surface area contributed by atoms with E-state index in [1.54, 1.807) is 0 Å². The highest BCUT2D eigenvalue weighted by molar-refractivity contribution is 4.88. The van der Waals surface area contributed by atoms with Crippen LogP contribution in [0.1, 0.15) is 39.5 Å². The molecule has 1 rings (SSSR count). The van der Waals surface area contributed by atoms with Crippen LogP contribution in [0, 0.1) is 0 Å². The van der Waals surface area contributed by atoms with E-state index in [0.29, 0.717) is 12.1 Å². The third kappa shape index (κ3) is 3.96. The standard InChI is InChI=1S/C13H26N2/c1-4-9-14-12(3)13-8-6-7-11-15(13)10-5-2/h5,12-14H,2,4,6-11H2,1,3H3. The summed E-state index contributed by atoms with van der Waals surface area (Å²) in [5.74, 6) is 0. The van der Waals surface area contributed by atoms with Crippen LogP contribution >= 0.6 is 0 Å². The molecule has 1 aliphatic heterocycles. The van der Waals surface area contributed by atoms with E-state index in [9.17, 15) is 0 Å². The average Bonchev–Trinajstić information content (AvgIpc) is 2.27. The maximum absolute atomic E-state index is 3.85. The molecule has 1 aliphatic rings. The van der Waals surface area contributed by atoms with E-state index < -0.39 is 0 Å². The van der Waals surface area contributed by atoms with E-state index in [1.165, 1.54) is 32.2 Å². The van der Waals surface area contributed by atoms with E-state index in [0.717, 1.165) is 13.1 Å². The van der Waals surface area contributed by atoms with Gasteiger partial charge in [-0.3, -0.25) is 4.90 Å². The van der Waals surface area contributed by atoms with Gasteiger partial charge in [0, 0.05) is 18.6 Å². The first-order chi connectivity index (χ1) is 7.29. The number of piperidine rings is 1. The van der Waals surface area contributed by atoms with Gasteiger partial charge in [0.25, 0.3) is 0 Å². The smallest absolute Gasteiger partial charge is 0.0249 e. The molecule has 1 N–H and O–H groups in total. The molecule has 0 radical (unpaired) electrons. The van der Waals surface area contributed by atoms with Crippen molar-refractivity contribution >= 4 is 0 Å². The largest absolute Gasteiger partial charge is 0.313 e. The van der Waals surface area contributed by atoms with Crippen LogP contribution in [0.4, 0.5) is 0 Å². The summed E-state index contributed by atoms with van der Waals surface area (Å²) in [6.07, 6.45) is 7.33. The molecule has 0 aromatic carbocycles. The summed E-state index contributed by atoms with van der Waals surface area (Å²) in [7, 11) is 0. The fraction of sp³-hybridized carbons (Fsp3) is 0.846. The lowest BCUT2D eigenvalue weighted by molar-refractivity contribution is 0.133. The van der Waals surface area contributed by atoms with Crippen LogP contribution in [0.5, 0.6) is 0 Å². The number of likely N-dealkylation sites (tertiary alicyclic amines) is 1. The third-order valence-electron chi connectivity index (χ3n) is 3.32. The Morgan fingerprint density at radius 3 is 3.00 bits per heavy atom. The van der Waals surface area contributed by atoms with Gasteiger partial charge in [-0.2, -0.15) is 0 Å². The lowest BCUT2D eigenvalue weighted by Crippen LogP contribution is -2.51. The van der Waals surface area contributed by atoms with Crippen LogP contribution in [0.3, 0.4) is 0 Å². The molecule has 2 heteroatoms. The molecule has 88 valence electrons. The minimum Gasteiger partial charge on any atom is -0.313 e. The minimum atomic E-state index is 0.616.